The first-order valence-corrected chi connectivity index (χ1v) is 10.2. The molecular formula is C24H27N3O4. The number of Topliss-reactive ketones (excluding diaryl/α,β-unsaturated/α-hetero) is 1. The molecule has 2 N–H and O–H groups in total. The molecule has 162 valence electrons. The van der Waals surface area contributed by atoms with Crippen molar-refractivity contribution in [1.29, 1.82) is 0 Å². The van der Waals surface area contributed by atoms with E-state index in [4.69, 9.17) is 0 Å². The molecule has 0 bridgehead atoms. The number of nitrogens with one attached hydrogen (secondary N) is 2. The SMILES string of the molecule is Cc1ccc([C@@]2(C)NC(=O)N(CC(=O)c3ccc(NC(=O)CC(C)C)cc3)C2=O)cc1. The third-order valence-corrected chi connectivity index (χ3v) is 5.29. The van der Waals surface area contributed by atoms with Gasteiger partial charge < -0.3 is 10.6 Å². The predicted molar refractivity (Wildman–Crippen MR) is 118 cm³/mol. The number of rotatable bonds is 7. The zero-order valence-electron chi connectivity index (χ0n) is 18.2. The second-order valence-electron chi connectivity index (χ2n) is 8.46. The van der Waals surface area contributed by atoms with Crippen molar-refractivity contribution in [3.63, 3.8) is 0 Å². The van der Waals surface area contributed by atoms with Crippen molar-refractivity contribution in [2.75, 3.05) is 11.9 Å². The standard InChI is InChI=1S/C24H27N3O4/c1-15(2)13-21(29)25-19-11-7-17(8-12-19)20(28)14-27-22(30)24(4,26-23(27)31)18-9-5-16(3)6-10-18/h5-12,15H,13-14H2,1-4H3,(H,25,29)(H,26,31)/t24-/m1/s1. The van der Waals surface area contributed by atoms with Gasteiger partial charge in [0.15, 0.2) is 5.78 Å². The highest BCUT2D eigenvalue weighted by Gasteiger charge is 2.49. The number of amides is 4. The molecule has 0 unspecified atom stereocenters. The van der Waals surface area contributed by atoms with Crippen molar-refractivity contribution < 1.29 is 19.2 Å². The molecule has 1 aliphatic heterocycles. The fourth-order valence-electron chi connectivity index (χ4n) is 3.48. The van der Waals surface area contributed by atoms with Gasteiger partial charge in [-0.2, -0.15) is 0 Å². The van der Waals surface area contributed by atoms with E-state index in [1.807, 2.05) is 32.9 Å². The number of ketones is 1. The second-order valence-corrected chi connectivity index (χ2v) is 8.46. The highest BCUT2D eigenvalue weighted by atomic mass is 16.2. The Hall–Kier alpha value is -3.48. The third-order valence-electron chi connectivity index (χ3n) is 5.29. The lowest BCUT2D eigenvalue weighted by Crippen LogP contribution is -2.41. The van der Waals surface area contributed by atoms with Crippen molar-refractivity contribution in [1.82, 2.24) is 10.2 Å². The maximum atomic E-state index is 13.0. The lowest BCUT2D eigenvalue weighted by atomic mass is 9.91. The maximum Gasteiger partial charge on any atom is 0.325 e. The minimum absolute atomic E-state index is 0.0937. The number of aryl methyl sites for hydroxylation is 1. The van der Waals surface area contributed by atoms with Gasteiger partial charge in [-0.1, -0.05) is 43.7 Å². The largest absolute Gasteiger partial charge is 0.326 e. The summed E-state index contributed by atoms with van der Waals surface area (Å²) < 4.78 is 0. The van der Waals surface area contributed by atoms with Crippen molar-refractivity contribution in [3.8, 4) is 0 Å². The van der Waals surface area contributed by atoms with Crippen LogP contribution in [0.15, 0.2) is 48.5 Å². The number of hydrogen-bond donors (Lipinski definition) is 2. The molecule has 0 spiro atoms. The zero-order valence-corrected chi connectivity index (χ0v) is 18.2. The second kappa shape index (κ2) is 8.71. The van der Waals surface area contributed by atoms with Gasteiger partial charge in [0.2, 0.25) is 5.91 Å². The Bertz CT molecular complexity index is 1010. The Labute approximate surface area is 181 Å². The van der Waals surface area contributed by atoms with Crippen molar-refractivity contribution >= 4 is 29.3 Å². The third kappa shape index (κ3) is 4.82. The van der Waals surface area contributed by atoms with E-state index < -0.39 is 17.5 Å². The summed E-state index contributed by atoms with van der Waals surface area (Å²) in [4.78, 5) is 51.0. The number of hydrogen-bond acceptors (Lipinski definition) is 4. The Morgan fingerprint density at radius 1 is 1.03 bits per heavy atom. The molecule has 3 rings (SSSR count). The summed E-state index contributed by atoms with van der Waals surface area (Å²) in [6, 6.07) is 13.2. The van der Waals surface area contributed by atoms with Crippen molar-refractivity contribution in [3.05, 3.63) is 65.2 Å². The number of anilines is 1. The quantitative estimate of drug-likeness (QED) is 0.527. The lowest BCUT2D eigenvalue weighted by Gasteiger charge is -2.22. The number of benzene rings is 2. The van der Waals surface area contributed by atoms with Crippen LogP contribution in [0.2, 0.25) is 0 Å². The number of nitrogens with zero attached hydrogens (tertiary/aromatic N) is 1. The molecule has 4 amide bonds. The van der Waals surface area contributed by atoms with Gasteiger partial charge in [-0.25, -0.2) is 4.79 Å². The molecule has 1 saturated heterocycles. The number of urea groups is 1. The normalized spacial score (nSPS) is 18.3. The summed E-state index contributed by atoms with van der Waals surface area (Å²) in [6.07, 6.45) is 0.409. The van der Waals surface area contributed by atoms with E-state index >= 15 is 0 Å². The van der Waals surface area contributed by atoms with Crippen LogP contribution in [0.3, 0.4) is 0 Å². The molecule has 2 aromatic rings. The highest BCUT2D eigenvalue weighted by Crippen LogP contribution is 2.29. The van der Waals surface area contributed by atoms with Crippen LogP contribution in [0.25, 0.3) is 0 Å². The fourth-order valence-corrected chi connectivity index (χ4v) is 3.48. The first kappa shape index (κ1) is 22.2. The molecule has 31 heavy (non-hydrogen) atoms. The molecule has 1 atom stereocenters. The average Bonchev–Trinajstić information content (AvgIpc) is 2.92. The lowest BCUT2D eigenvalue weighted by molar-refractivity contribution is -0.130. The van der Waals surface area contributed by atoms with Gasteiger partial charge in [-0.15, -0.1) is 0 Å². The van der Waals surface area contributed by atoms with Crippen LogP contribution < -0.4 is 10.6 Å². The van der Waals surface area contributed by atoms with Gasteiger partial charge >= 0.3 is 6.03 Å². The van der Waals surface area contributed by atoms with E-state index in [-0.39, 0.29) is 24.2 Å². The van der Waals surface area contributed by atoms with E-state index in [1.54, 1.807) is 43.3 Å². The summed E-state index contributed by atoms with van der Waals surface area (Å²) in [5, 5.41) is 5.49. The molecule has 1 fully saturated rings. The van der Waals surface area contributed by atoms with Gasteiger partial charge in [0.25, 0.3) is 5.91 Å². The van der Waals surface area contributed by atoms with Crippen LogP contribution in [0.5, 0.6) is 0 Å². The summed E-state index contributed by atoms with van der Waals surface area (Å²) in [7, 11) is 0. The van der Waals surface area contributed by atoms with E-state index in [0.29, 0.717) is 23.2 Å². The smallest absolute Gasteiger partial charge is 0.325 e. The van der Waals surface area contributed by atoms with Crippen LogP contribution in [0.1, 0.15) is 48.7 Å². The van der Waals surface area contributed by atoms with Crippen LogP contribution in [-0.4, -0.2) is 35.1 Å². The number of carbonyl (C=O) groups excluding carboxylic acids is 4. The van der Waals surface area contributed by atoms with E-state index in [0.717, 1.165) is 10.5 Å². The molecule has 0 saturated carbocycles. The van der Waals surface area contributed by atoms with Crippen LogP contribution in [-0.2, 0) is 15.1 Å². The van der Waals surface area contributed by atoms with Gasteiger partial charge in [-0.05, 0) is 49.6 Å². The first-order valence-electron chi connectivity index (χ1n) is 10.2. The number of carbonyl (C=O) groups is 4. The zero-order chi connectivity index (χ0) is 22.8. The molecule has 0 aromatic heterocycles. The molecule has 0 aliphatic carbocycles. The Morgan fingerprint density at radius 3 is 2.23 bits per heavy atom. The first-order chi connectivity index (χ1) is 14.6. The Balaban J connectivity index is 1.68. The highest BCUT2D eigenvalue weighted by molar-refractivity contribution is 6.11. The minimum Gasteiger partial charge on any atom is -0.326 e. The molecule has 1 aliphatic rings. The van der Waals surface area contributed by atoms with Crippen molar-refractivity contribution in [2.24, 2.45) is 5.92 Å². The van der Waals surface area contributed by atoms with Crippen molar-refractivity contribution in [2.45, 2.75) is 39.7 Å². The molecule has 0 radical (unpaired) electrons. The van der Waals surface area contributed by atoms with Gasteiger partial charge in [0.05, 0.1) is 6.54 Å². The van der Waals surface area contributed by atoms with Gasteiger partial charge in [-0.3, -0.25) is 19.3 Å². The van der Waals surface area contributed by atoms with E-state index in [9.17, 15) is 19.2 Å². The van der Waals surface area contributed by atoms with Gasteiger partial charge in [0, 0.05) is 17.7 Å². The summed E-state index contributed by atoms with van der Waals surface area (Å²) in [5.74, 6) is -0.677. The number of imide groups is 1. The Kier molecular flexibility index (Phi) is 6.24. The van der Waals surface area contributed by atoms with Gasteiger partial charge in [0.1, 0.15) is 5.54 Å². The predicted octanol–water partition coefficient (Wildman–Crippen LogP) is 3.63. The summed E-state index contributed by atoms with van der Waals surface area (Å²) in [6.45, 7) is 7.14. The average molecular weight is 421 g/mol. The summed E-state index contributed by atoms with van der Waals surface area (Å²) in [5.41, 5.74) is 1.43. The van der Waals surface area contributed by atoms with E-state index in [1.165, 1.54) is 0 Å². The van der Waals surface area contributed by atoms with E-state index in [2.05, 4.69) is 10.6 Å². The molecule has 2 aromatic carbocycles. The summed E-state index contributed by atoms with van der Waals surface area (Å²) >= 11 is 0. The van der Waals surface area contributed by atoms with Crippen LogP contribution >= 0.6 is 0 Å². The molecule has 7 heteroatoms. The van der Waals surface area contributed by atoms with Crippen LogP contribution in [0, 0.1) is 12.8 Å². The van der Waals surface area contributed by atoms with Crippen LogP contribution in [0.4, 0.5) is 10.5 Å². The molecular weight excluding hydrogens is 394 g/mol. The topological polar surface area (TPSA) is 95.6 Å². The minimum atomic E-state index is -1.21. The Morgan fingerprint density at radius 2 is 1.65 bits per heavy atom. The maximum absolute atomic E-state index is 13.0. The monoisotopic (exact) mass is 421 g/mol. The fraction of sp³-hybridized carbons (Fsp3) is 0.333. The molecule has 1 heterocycles. The molecule has 7 nitrogen and oxygen atoms in total.